The number of amides is 4. The second-order valence-electron chi connectivity index (χ2n) is 12.4. The lowest BCUT2D eigenvalue weighted by molar-refractivity contribution is -0.143. The summed E-state index contributed by atoms with van der Waals surface area (Å²) in [4.78, 5) is 54.4. The maximum absolute atomic E-state index is 14.0. The van der Waals surface area contributed by atoms with Crippen LogP contribution in [-0.2, 0) is 19.1 Å². The third kappa shape index (κ3) is 7.07. The SMILES string of the molecule is C=C(C(=O)NC1CC1)C(CCC)NC(=O)[C@@H]1[C@H]2CCC(O)[C@H]2CN1C(=O)[C@@H](NC(=O)OC(C)C)C(C)(C)C. The van der Waals surface area contributed by atoms with Crippen LogP contribution >= 0.6 is 0 Å². The van der Waals surface area contributed by atoms with Crippen LogP contribution in [0.25, 0.3) is 0 Å². The number of rotatable bonds is 10. The topological polar surface area (TPSA) is 137 Å². The van der Waals surface area contributed by atoms with Gasteiger partial charge < -0.3 is 30.7 Å². The number of ether oxygens (including phenoxy) is 1. The van der Waals surface area contributed by atoms with Gasteiger partial charge >= 0.3 is 6.09 Å². The van der Waals surface area contributed by atoms with E-state index in [2.05, 4.69) is 22.5 Å². The standard InChI is InChI=1S/C28H46N4O6/c1-8-9-20(16(4)24(34)29-17-10-11-17)30-25(35)22-18-12-13-21(33)19(18)14-32(22)26(36)23(28(5,6)7)31-27(37)38-15(2)3/h15,17-23,33H,4,8-14H2,1-3,5-7H3,(H,29,34)(H,30,35)(H,31,37)/t18-,19-,20?,21?,22-,23+/m0/s1. The van der Waals surface area contributed by atoms with Gasteiger partial charge in [0.05, 0.1) is 18.2 Å². The van der Waals surface area contributed by atoms with Crippen LogP contribution in [0, 0.1) is 17.3 Å². The van der Waals surface area contributed by atoms with Crippen molar-refractivity contribution in [2.24, 2.45) is 17.3 Å². The Morgan fingerprint density at radius 2 is 1.71 bits per heavy atom. The molecule has 0 bridgehead atoms. The van der Waals surface area contributed by atoms with Crippen LogP contribution in [0.4, 0.5) is 4.79 Å². The number of nitrogens with one attached hydrogen (secondary N) is 3. The zero-order chi connectivity index (χ0) is 28.4. The molecule has 6 atom stereocenters. The number of aliphatic hydroxyl groups is 1. The molecule has 0 radical (unpaired) electrons. The molecule has 4 N–H and O–H groups in total. The number of likely N-dealkylation sites (tertiary alicyclic amines) is 1. The number of hydrogen-bond acceptors (Lipinski definition) is 6. The first-order chi connectivity index (χ1) is 17.7. The monoisotopic (exact) mass is 534 g/mol. The van der Waals surface area contributed by atoms with Crippen LogP contribution in [0.5, 0.6) is 0 Å². The number of aliphatic hydroxyl groups excluding tert-OH is 1. The summed E-state index contributed by atoms with van der Waals surface area (Å²) in [7, 11) is 0. The van der Waals surface area contributed by atoms with Crippen LogP contribution < -0.4 is 16.0 Å². The van der Waals surface area contributed by atoms with Crippen LogP contribution in [0.15, 0.2) is 12.2 Å². The van der Waals surface area contributed by atoms with Crippen LogP contribution in [0.1, 0.15) is 80.1 Å². The van der Waals surface area contributed by atoms with Crippen molar-refractivity contribution >= 4 is 23.8 Å². The minimum atomic E-state index is -0.939. The molecule has 10 heteroatoms. The Labute approximate surface area is 226 Å². The molecule has 0 spiro atoms. The van der Waals surface area contributed by atoms with E-state index < -0.39 is 41.6 Å². The summed E-state index contributed by atoms with van der Waals surface area (Å²) in [5.41, 5.74) is -0.360. The first kappa shape index (κ1) is 29.9. The third-order valence-electron chi connectivity index (χ3n) is 7.78. The van der Waals surface area contributed by atoms with Gasteiger partial charge in [0.15, 0.2) is 0 Å². The molecule has 3 aliphatic rings. The highest BCUT2D eigenvalue weighted by Crippen LogP contribution is 2.43. The van der Waals surface area contributed by atoms with Crippen LogP contribution in [0.2, 0.25) is 0 Å². The summed E-state index contributed by atoms with van der Waals surface area (Å²) in [5, 5.41) is 19.3. The van der Waals surface area contributed by atoms with Crippen molar-refractivity contribution in [2.75, 3.05) is 6.54 Å². The lowest BCUT2D eigenvalue weighted by atomic mass is 9.85. The molecule has 0 aromatic rings. The van der Waals surface area contributed by atoms with E-state index in [9.17, 15) is 24.3 Å². The summed E-state index contributed by atoms with van der Waals surface area (Å²) in [6.07, 6.45) is 2.67. The molecular weight excluding hydrogens is 488 g/mol. The van der Waals surface area contributed by atoms with Gasteiger partial charge in [-0.05, 0) is 57.3 Å². The summed E-state index contributed by atoms with van der Waals surface area (Å²) < 4.78 is 5.23. The lowest BCUT2D eigenvalue weighted by Gasteiger charge is -2.36. The van der Waals surface area contributed by atoms with E-state index in [1.807, 2.05) is 27.7 Å². The molecule has 10 nitrogen and oxygen atoms in total. The number of hydrogen-bond donors (Lipinski definition) is 4. The van der Waals surface area contributed by atoms with Gasteiger partial charge in [0, 0.05) is 24.1 Å². The molecular formula is C28H46N4O6. The van der Waals surface area contributed by atoms with Gasteiger partial charge in [-0.25, -0.2) is 4.79 Å². The normalized spacial score (nSPS) is 26.4. The molecule has 2 aliphatic carbocycles. The molecule has 2 unspecified atom stereocenters. The zero-order valence-electron chi connectivity index (χ0n) is 23.7. The summed E-state index contributed by atoms with van der Waals surface area (Å²) in [6, 6.07) is -2.15. The third-order valence-corrected chi connectivity index (χ3v) is 7.78. The smallest absolute Gasteiger partial charge is 0.408 e. The highest BCUT2D eigenvalue weighted by molar-refractivity contribution is 5.96. The predicted molar refractivity (Wildman–Crippen MR) is 143 cm³/mol. The summed E-state index contributed by atoms with van der Waals surface area (Å²) in [5.74, 6) is -1.47. The van der Waals surface area contributed by atoms with Crippen molar-refractivity contribution in [3.63, 3.8) is 0 Å². The maximum atomic E-state index is 14.0. The van der Waals surface area contributed by atoms with Crippen molar-refractivity contribution in [1.82, 2.24) is 20.9 Å². The molecule has 0 aromatic carbocycles. The minimum Gasteiger partial charge on any atom is -0.447 e. The Morgan fingerprint density at radius 3 is 2.26 bits per heavy atom. The Hall–Kier alpha value is -2.62. The predicted octanol–water partition coefficient (Wildman–Crippen LogP) is 2.25. The maximum Gasteiger partial charge on any atom is 0.408 e. The van der Waals surface area contributed by atoms with Crippen molar-refractivity contribution < 1.29 is 29.0 Å². The Balaban J connectivity index is 1.83. The number of nitrogens with zero attached hydrogens (tertiary/aromatic N) is 1. The lowest BCUT2D eigenvalue weighted by Crippen LogP contribution is -2.59. The Kier molecular flexibility index (Phi) is 9.49. The number of fused-ring (bicyclic) bond motifs is 1. The molecule has 38 heavy (non-hydrogen) atoms. The van der Waals surface area contributed by atoms with E-state index in [-0.39, 0.29) is 42.3 Å². The summed E-state index contributed by atoms with van der Waals surface area (Å²) >= 11 is 0. The number of carbonyl (C=O) groups excluding carboxylic acids is 4. The average Bonchev–Trinajstić information content (AvgIpc) is 3.43. The molecule has 4 amide bonds. The number of carbonyl (C=O) groups is 4. The second-order valence-corrected chi connectivity index (χ2v) is 12.4. The fourth-order valence-corrected chi connectivity index (χ4v) is 5.58. The first-order valence-corrected chi connectivity index (χ1v) is 14.0. The molecule has 0 aromatic heterocycles. The Morgan fingerprint density at radius 1 is 1.05 bits per heavy atom. The van der Waals surface area contributed by atoms with E-state index in [1.165, 1.54) is 4.90 Å². The molecule has 1 aliphatic heterocycles. The summed E-state index contributed by atoms with van der Waals surface area (Å²) in [6.45, 7) is 15.1. The molecule has 214 valence electrons. The Bertz CT molecular complexity index is 925. The minimum absolute atomic E-state index is 0.171. The highest BCUT2D eigenvalue weighted by atomic mass is 16.6. The first-order valence-electron chi connectivity index (χ1n) is 14.0. The van der Waals surface area contributed by atoms with Crippen LogP contribution in [-0.4, -0.2) is 76.7 Å². The number of alkyl carbamates (subject to hydrolysis) is 1. The van der Waals surface area contributed by atoms with Gasteiger partial charge in [0.25, 0.3) is 0 Å². The quantitative estimate of drug-likeness (QED) is 0.317. The fraction of sp³-hybridized carbons (Fsp3) is 0.786. The van der Waals surface area contributed by atoms with Gasteiger partial charge in [0.1, 0.15) is 12.1 Å². The van der Waals surface area contributed by atoms with Crippen molar-refractivity contribution in [3.8, 4) is 0 Å². The molecule has 1 saturated heterocycles. The van der Waals surface area contributed by atoms with E-state index in [0.29, 0.717) is 24.8 Å². The van der Waals surface area contributed by atoms with Gasteiger partial charge in [-0.3, -0.25) is 14.4 Å². The van der Waals surface area contributed by atoms with Crippen molar-refractivity contribution in [3.05, 3.63) is 12.2 Å². The average molecular weight is 535 g/mol. The van der Waals surface area contributed by atoms with Gasteiger partial charge in [-0.2, -0.15) is 0 Å². The highest BCUT2D eigenvalue weighted by Gasteiger charge is 2.54. The molecule has 2 saturated carbocycles. The molecule has 1 heterocycles. The van der Waals surface area contributed by atoms with E-state index in [1.54, 1.807) is 13.8 Å². The van der Waals surface area contributed by atoms with Gasteiger partial charge in [0.2, 0.25) is 17.7 Å². The van der Waals surface area contributed by atoms with Gasteiger partial charge in [-0.15, -0.1) is 0 Å². The van der Waals surface area contributed by atoms with Gasteiger partial charge in [-0.1, -0.05) is 40.7 Å². The molecule has 3 fully saturated rings. The fourth-order valence-electron chi connectivity index (χ4n) is 5.58. The largest absolute Gasteiger partial charge is 0.447 e. The van der Waals surface area contributed by atoms with Crippen molar-refractivity contribution in [1.29, 1.82) is 0 Å². The van der Waals surface area contributed by atoms with Crippen LogP contribution in [0.3, 0.4) is 0 Å². The van der Waals surface area contributed by atoms with Crippen molar-refractivity contribution in [2.45, 2.75) is 116 Å². The van der Waals surface area contributed by atoms with E-state index in [0.717, 1.165) is 19.3 Å². The second kappa shape index (κ2) is 12.1. The van der Waals surface area contributed by atoms with E-state index >= 15 is 0 Å². The van der Waals surface area contributed by atoms with E-state index in [4.69, 9.17) is 4.74 Å². The molecule has 3 rings (SSSR count). The zero-order valence-corrected chi connectivity index (χ0v) is 23.7.